The van der Waals surface area contributed by atoms with Crippen LogP contribution in [0.2, 0.25) is 0 Å². The third-order valence-electron chi connectivity index (χ3n) is 5.01. The molecule has 0 saturated carbocycles. The molecule has 2 fully saturated rings. The molecule has 1 aromatic rings. The summed E-state index contributed by atoms with van der Waals surface area (Å²) in [6.45, 7) is 7.32. The zero-order chi connectivity index (χ0) is 23.7. The van der Waals surface area contributed by atoms with Crippen molar-refractivity contribution < 1.29 is 42.5 Å². The molecule has 1 aromatic carbocycles. The van der Waals surface area contributed by atoms with Crippen LogP contribution >= 0.6 is 0 Å². The van der Waals surface area contributed by atoms with Gasteiger partial charge in [-0.2, -0.15) is 13.2 Å². The molecular formula is C20H26F3N3O6. The van der Waals surface area contributed by atoms with Gasteiger partial charge in [0.05, 0.1) is 25.3 Å². The third kappa shape index (κ3) is 8.44. The van der Waals surface area contributed by atoms with Gasteiger partial charge in [-0.3, -0.25) is 14.6 Å². The molecule has 12 heteroatoms. The van der Waals surface area contributed by atoms with E-state index in [1.807, 2.05) is 11.0 Å². The Labute approximate surface area is 182 Å². The van der Waals surface area contributed by atoms with Gasteiger partial charge in [-0.05, 0) is 17.7 Å². The highest BCUT2D eigenvalue weighted by atomic mass is 19.4. The lowest BCUT2D eigenvalue weighted by molar-refractivity contribution is -0.192. The largest absolute Gasteiger partial charge is 0.490 e. The number of benzene rings is 1. The first-order valence-electron chi connectivity index (χ1n) is 9.99. The first-order valence-corrected chi connectivity index (χ1v) is 9.99. The minimum Gasteiger partial charge on any atom is -0.478 e. The molecule has 0 radical (unpaired) electrons. The molecule has 0 spiro atoms. The van der Waals surface area contributed by atoms with Crippen LogP contribution in [0.1, 0.15) is 15.9 Å². The number of alkyl halides is 3. The van der Waals surface area contributed by atoms with Crippen LogP contribution in [0.5, 0.6) is 0 Å². The highest BCUT2D eigenvalue weighted by Gasteiger charge is 2.38. The number of halogens is 3. The van der Waals surface area contributed by atoms with Crippen LogP contribution in [-0.2, 0) is 20.9 Å². The number of hydrogen-bond donors (Lipinski definition) is 2. The molecule has 0 unspecified atom stereocenters. The van der Waals surface area contributed by atoms with E-state index >= 15 is 0 Å². The van der Waals surface area contributed by atoms with Gasteiger partial charge in [-0.1, -0.05) is 12.1 Å². The summed E-state index contributed by atoms with van der Waals surface area (Å²) in [7, 11) is 0. The fraction of sp³-hybridized carbons (Fsp3) is 0.550. The summed E-state index contributed by atoms with van der Waals surface area (Å²) in [5.74, 6) is -3.47. The van der Waals surface area contributed by atoms with Crippen LogP contribution in [0.3, 0.4) is 0 Å². The Morgan fingerprint density at radius 3 is 2.06 bits per heavy atom. The van der Waals surface area contributed by atoms with E-state index in [2.05, 4.69) is 9.80 Å². The maximum absolute atomic E-state index is 12.4. The Morgan fingerprint density at radius 2 is 1.53 bits per heavy atom. The van der Waals surface area contributed by atoms with Gasteiger partial charge < -0.3 is 19.8 Å². The van der Waals surface area contributed by atoms with Gasteiger partial charge in [0, 0.05) is 45.8 Å². The smallest absolute Gasteiger partial charge is 0.478 e. The van der Waals surface area contributed by atoms with Gasteiger partial charge in [0.25, 0.3) is 0 Å². The normalized spacial score (nSPS) is 17.9. The minimum absolute atomic E-state index is 0.189. The van der Waals surface area contributed by atoms with Crippen molar-refractivity contribution in [2.45, 2.75) is 12.7 Å². The minimum atomic E-state index is -5.08. The van der Waals surface area contributed by atoms with Crippen molar-refractivity contribution in [3.63, 3.8) is 0 Å². The Kier molecular flexibility index (Phi) is 9.42. The SMILES string of the molecule is O=C(O)C(F)(F)F.O=C(O)c1cccc(CN2CCN(C(=O)CN3CCOCC3)CC2)c1. The molecule has 0 atom stereocenters. The number of ether oxygens (including phenoxy) is 1. The van der Waals surface area contributed by atoms with E-state index in [1.165, 1.54) is 0 Å². The molecule has 1 amide bonds. The summed E-state index contributed by atoms with van der Waals surface area (Å²) < 4.78 is 37.0. The molecule has 3 rings (SSSR count). The van der Waals surface area contributed by atoms with Crippen molar-refractivity contribution in [2.75, 3.05) is 59.0 Å². The van der Waals surface area contributed by atoms with Gasteiger partial charge >= 0.3 is 18.1 Å². The molecule has 2 N–H and O–H groups in total. The van der Waals surface area contributed by atoms with Crippen molar-refractivity contribution in [1.82, 2.24) is 14.7 Å². The number of aromatic carboxylic acids is 1. The number of nitrogens with zero attached hydrogens (tertiary/aromatic N) is 3. The number of aliphatic carboxylic acids is 1. The lowest BCUT2D eigenvalue weighted by Crippen LogP contribution is -2.51. The second-order valence-electron chi connectivity index (χ2n) is 7.35. The zero-order valence-electron chi connectivity index (χ0n) is 17.4. The predicted molar refractivity (Wildman–Crippen MR) is 106 cm³/mol. The highest BCUT2D eigenvalue weighted by molar-refractivity contribution is 5.87. The molecule has 2 aliphatic rings. The molecule has 0 bridgehead atoms. The Bertz CT molecular complexity index is 791. The molecular weight excluding hydrogens is 435 g/mol. The van der Waals surface area contributed by atoms with Crippen LogP contribution in [0.4, 0.5) is 13.2 Å². The predicted octanol–water partition coefficient (Wildman–Crippen LogP) is 0.995. The quantitative estimate of drug-likeness (QED) is 0.668. The molecule has 0 aromatic heterocycles. The summed E-state index contributed by atoms with van der Waals surface area (Å²) in [6.07, 6.45) is -5.08. The fourth-order valence-corrected chi connectivity index (χ4v) is 3.27. The molecule has 178 valence electrons. The van der Waals surface area contributed by atoms with E-state index in [-0.39, 0.29) is 5.91 Å². The molecule has 2 heterocycles. The van der Waals surface area contributed by atoms with Gasteiger partial charge in [-0.25, -0.2) is 9.59 Å². The number of hydrogen-bond acceptors (Lipinski definition) is 6. The molecule has 32 heavy (non-hydrogen) atoms. The van der Waals surface area contributed by atoms with E-state index in [0.717, 1.165) is 44.8 Å². The van der Waals surface area contributed by atoms with E-state index in [0.29, 0.717) is 31.9 Å². The summed E-state index contributed by atoms with van der Waals surface area (Å²) in [5, 5.41) is 16.2. The highest BCUT2D eigenvalue weighted by Crippen LogP contribution is 2.13. The summed E-state index contributed by atoms with van der Waals surface area (Å²) in [5.41, 5.74) is 1.31. The van der Waals surface area contributed by atoms with E-state index in [9.17, 15) is 22.8 Å². The summed E-state index contributed by atoms with van der Waals surface area (Å²) in [4.78, 5) is 38.7. The van der Waals surface area contributed by atoms with Crippen molar-refractivity contribution in [3.05, 3.63) is 35.4 Å². The average molecular weight is 461 g/mol. The average Bonchev–Trinajstić information content (AvgIpc) is 2.75. The van der Waals surface area contributed by atoms with Gasteiger partial charge in [-0.15, -0.1) is 0 Å². The third-order valence-corrected chi connectivity index (χ3v) is 5.01. The number of carboxylic acids is 2. The van der Waals surface area contributed by atoms with Crippen LogP contribution in [-0.4, -0.2) is 108 Å². The first-order chi connectivity index (χ1) is 15.1. The number of carboxylic acid groups (broad SMARTS) is 2. The number of piperazine rings is 1. The molecule has 2 aliphatic heterocycles. The molecule has 2 saturated heterocycles. The van der Waals surface area contributed by atoms with Crippen molar-refractivity contribution in [2.24, 2.45) is 0 Å². The lowest BCUT2D eigenvalue weighted by Gasteiger charge is -2.36. The standard InChI is InChI=1S/C18H25N3O4.C2HF3O2/c22-17(14-20-8-10-25-11-9-20)21-6-4-19(5-7-21)13-15-2-1-3-16(12-15)18(23)24;3-2(4,5)1(6)7/h1-3,12H,4-11,13-14H2,(H,23,24);(H,6,7). The number of amides is 1. The number of morpholine rings is 1. The second-order valence-corrected chi connectivity index (χ2v) is 7.35. The summed E-state index contributed by atoms with van der Waals surface area (Å²) in [6, 6.07) is 7.05. The van der Waals surface area contributed by atoms with Gasteiger partial charge in [0.2, 0.25) is 5.91 Å². The zero-order valence-corrected chi connectivity index (χ0v) is 17.4. The van der Waals surface area contributed by atoms with Crippen molar-refractivity contribution in [1.29, 1.82) is 0 Å². The Hall–Kier alpha value is -2.70. The number of carbonyl (C=O) groups excluding carboxylic acids is 1. The van der Waals surface area contributed by atoms with Gasteiger partial charge in [0.15, 0.2) is 0 Å². The molecule has 0 aliphatic carbocycles. The first kappa shape index (κ1) is 25.6. The van der Waals surface area contributed by atoms with Crippen molar-refractivity contribution in [3.8, 4) is 0 Å². The second kappa shape index (κ2) is 11.8. The van der Waals surface area contributed by atoms with Crippen LogP contribution in [0.25, 0.3) is 0 Å². The summed E-state index contributed by atoms with van der Waals surface area (Å²) >= 11 is 0. The van der Waals surface area contributed by atoms with E-state index in [4.69, 9.17) is 19.7 Å². The fourth-order valence-electron chi connectivity index (χ4n) is 3.27. The lowest BCUT2D eigenvalue weighted by atomic mass is 10.1. The number of rotatable bonds is 5. The Morgan fingerprint density at radius 1 is 0.938 bits per heavy atom. The maximum Gasteiger partial charge on any atom is 0.490 e. The van der Waals surface area contributed by atoms with Crippen LogP contribution < -0.4 is 0 Å². The Balaban J connectivity index is 0.000000451. The monoisotopic (exact) mass is 461 g/mol. The van der Waals surface area contributed by atoms with E-state index in [1.54, 1.807) is 18.2 Å². The van der Waals surface area contributed by atoms with Crippen LogP contribution in [0.15, 0.2) is 24.3 Å². The molecule has 9 nitrogen and oxygen atoms in total. The van der Waals surface area contributed by atoms with Crippen molar-refractivity contribution >= 4 is 17.8 Å². The maximum atomic E-state index is 12.4. The van der Waals surface area contributed by atoms with Crippen LogP contribution in [0, 0.1) is 0 Å². The van der Waals surface area contributed by atoms with E-state index < -0.39 is 18.1 Å². The number of carbonyl (C=O) groups is 3. The topological polar surface area (TPSA) is 111 Å². The van der Waals surface area contributed by atoms with Gasteiger partial charge in [0.1, 0.15) is 0 Å².